The third kappa shape index (κ3) is 4.17. The Morgan fingerprint density at radius 1 is 1.14 bits per heavy atom. The van der Waals surface area contributed by atoms with Crippen LogP contribution in [0.4, 0.5) is 0 Å². The van der Waals surface area contributed by atoms with Gasteiger partial charge in [0.25, 0.3) is 0 Å². The molecule has 1 N–H and O–H groups in total. The molecule has 1 aromatic rings. The molecule has 0 bridgehead atoms. The highest BCUT2D eigenvalue weighted by molar-refractivity contribution is 5.28. The Bertz CT molecular complexity index is 411. The third-order valence-electron chi connectivity index (χ3n) is 3.90. The smallest absolute Gasteiger partial charge is 0.119 e. The lowest BCUT2D eigenvalue weighted by molar-refractivity contribution is -0.00461. The van der Waals surface area contributed by atoms with Gasteiger partial charge in [-0.05, 0) is 24.6 Å². The predicted molar refractivity (Wildman–Crippen MR) is 80.6 cm³/mol. The largest absolute Gasteiger partial charge is 0.494 e. The van der Waals surface area contributed by atoms with Crippen molar-refractivity contribution in [2.45, 2.75) is 25.2 Å². The summed E-state index contributed by atoms with van der Waals surface area (Å²) in [5.41, 5.74) is 0.897. The number of benzene rings is 1. The van der Waals surface area contributed by atoms with Gasteiger partial charge in [0.05, 0.1) is 24.9 Å². The van der Waals surface area contributed by atoms with Crippen molar-refractivity contribution in [2.24, 2.45) is 0 Å². The first-order chi connectivity index (χ1) is 10.2. The van der Waals surface area contributed by atoms with Gasteiger partial charge in [0.15, 0.2) is 0 Å². The SMILES string of the molecule is CCOc1ccc(C(O)CN2CC(OC)C(OC)C2)cc1. The molecule has 0 aliphatic carbocycles. The Kier molecular flexibility index (Phi) is 5.99. The van der Waals surface area contributed by atoms with Gasteiger partial charge in [-0.1, -0.05) is 12.1 Å². The Labute approximate surface area is 126 Å². The highest BCUT2D eigenvalue weighted by atomic mass is 16.5. The van der Waals surface area contributed by atoms with E-state index in [9.17, 15) is 5.11 Å². The zero-order chi connectivity index (χ0) is 15.2. The number of nitrogens with zero attached hydrogens (tertiary/aromatic N) is 1. The van der Waals surface area contributed by atoms with Crippen molar-refractivity contribution in [3.8, 4) is 5.75 Å². The predicted octanol–water partition coefficient (Wildman–Crippen LogP) is 1.46. The van der Waals surface area contributed by atoms with E-state index in [1.807, 2.05) is 31.2 Å². The Balaban J connectivity index is 1.90. The summed E-state index contributed by atoms with van der Waals surface area (Å²) in [6, 6.07) is 7.60. The summed E-state index contributed by atoms with van der Waals surface area (Å²) in [6.07, 6.45) is -0.376. The van der Waals surface area contributed by atoms with Gasteiger partial charge in [-0.15, -0.1) is 0 Å². The van der Waals surface area contributed by atoms with Crippen molar-refractivity contribution in [1.82, 2.24) is 4.90 Å². The molecule has 0 amide bonds. The van der Waals surface area contributed by atoms with E-state index in [-0.39, 0.29) is 12.2 Å². The van der Waals surface area contributed by atoms with Crippen LogP contribution >= 0.6 is 0 Å². The summed E-state index contributed by atoms with van der Waals surface area (Å²) in [5.74, 6) is 0.827. The van der Waals surface area contributed by atoms with E-state index in [2.05, 4.69) is 4.90 Å². The van der Waals surface area contributed by atoms with Crippen LogP contribution < -0.4 is 4.74 Å². The Morgan fingerprint density at radius 3 is 2.19 bits per heavy atom. The van der Waals surface area contributed by atoms with Gasteiger partial charge >= 0.3 is 0 Å². The average Bonchev–Trinajstić information content (AvgIpc) is 2.90. The molecule has 1 saturated heterocycles. The standard InChI is InChI=1S/C16H25NO4/c1-4-21-13-7-5-12(6-8-13)14(18)9-17-10-15(19-2)16(11-17)20-3/h5-8,14-16,18H,4,9-11H2,1-3H3. The number of hydrogen-bond acceptors (Lipinski definition) is 5. The van der Waals surface area contributed by atoms with E-state index in [4.69, 9.17) is 14.2 Å². The minimum Gasteiger partial charge on any atom is -0.494 e. The fourth-order valence-corrected chi connectivity index (χ4v) is 2.72. The molecule has 2 rings (SSSR count). The van der Waals surface area contributed by atoms with Crippen LogP contribution in [0.5, 0.6) is 5.75 Å². The second-order valence-electron chi connectivity index (χ2n) is 5.28. The molecule has 5 heteroatoms. The van der Waals surface area contributed by atoms with Crippen molar-refractivity contribution >= 4 is 0 Å². The molecule has 21 heavy (non-hydrogen) atoms. The van der Waals surface area contributed by atoms with Crippen LogP contribution in [0.2, 0.25) is 0 Å². The number of likely N-dealkylation sites (tertiary alicyclic amines) is 1. The minimum atomic E-state index is -0.520. The van der Waals surface area contributed by atoms with E-state index in [1.165, 1.54) is 0 Å². The van der Waals surface area contributed by atoms with Gasteiger partial charge in [-0.2, -0.15) is 0 Å². The number of rotatable bonds is 7. The molecule has 5 nitrogen and oxygen atoms in total. The van der Waals surface area contributed by atoms with E-state index in [0.29, 0.717) is 13.2 Å². The Morgan fingerprint density at radius 2 is 1.71 bits per heavy atom. The summed E-state index contributed by atoms with van der Waals surface area (Å²) in [5, 5.41) is 10.4. The van der Waals surface area contributed by atoms with Crippen LogP contribution in [-0.4, -0.2) is 62.7 Å². The zero-order valence-electron chi connectivity index (χ0n) is 13.0. The maximum absolute atomic E-state index is 10.4. The van der Waals surface area contributed by atoms with E-state index < -0.39 is 6.10 Å². The van der Waals surface area contributed by atoms with Gasteiger partial charge in [0.1, 0.15) is 5.75 Å². The van der Waals surface area contributed by atoms with Crippen LogP contribution in [0.3, 0.4) is 0 Å². The van der Waals surface area contributed by atoms with Gasteiger partial charge in [0.2, 0.25) is 0 Å². The molecule has 1 aliphatic heterocycles. The summed E-state index contributed by atoms with van der Waals surface area (Å²) in [7, 11) is 3.39. The lowest BCUT2D eigenvalue weighted by Crippen LogP contribution is -2.27. The lowest BCUT2D eigenvalue weighted by Gasteiger charge is -2.20. The number of β-amino-alcohol motifs (C(OH)–C–C–N with tert-alkyl or cyclic N) is 1. The number of methoxy groups -OCH3 is 2. The molecule has 1 fully saturated rings. The Hall–Kier alpha value is -1.14. The van der Waals surface area contributed by atoms with E-state index in [1.54, 1.807) is 14.2 Å². The fraction of sp³-hybridized carbons (Fsp3) is 0.625. The van der Waals surface area contributed by atoms with Crippen LogP contribution in [-0.2, 0) is 9.47 Å². The third-order valence-corrected chi connectivity index (χ3v) is 3.90. The maximum atomic E-state index is 10.4. The first kappa shape index (κ1) is 16.2. The number of aliphatic hydroxyl groups is 1. The molecular formula is C16H25NO4. The molecule has 0 saturated carbocycles. The maximum Gasteiger partial charge on any atom is 0.119 e. The van der Waals surface area contributed by atoms with Crippen LogP contribution in [0.15, 0.2) is 24.3 Å². The average molecular weight is 295 g/mol. The molecule has 1 aromatic carbocycles. The minimum absolute atomic E-state index is 0.0718. The summed E-state index contributed by atoms with van der Waals surface area (Å²) in [6.45, 7) is 4.74. The number of ether oxygens (including phenoxy) is 3. The van der Waals surface area contributed by atoms with Crippen molar-refractivity contribution in [1.29, 1.82) is 0 Å². The molecule has 3 unspecified atom stereocenters. The second-order valence-corrected chi connectivity index (χ2v) is 5.28. The normalized spacial score (nSPS) is 24.2. The van der Waals surface area contributed by atoms with Gasteiger partial charge in [-0.3, -0.25) is 4.90 Å². The van der Waals surface area contributed by atoms with Crippen molar-refractivity contribution in [3.05, 3.63) is 29.8 Å². The van der Waals surface area contributed by atoms with Gasteiger partial charge in [-0.25, -0.2) is 0 Å². The van der Waals surface area contributed by atoms with Crippen molar-refractivity contribution < 1.29 is 19.3 Å². The van der Waals surface area contributed by atoms with Crippen molar-refractivity contribution in [3.63, 3.8) is 0 Å². The number of aliphatic hydroxyl groups excluding tert-OH is 1. The lowest BCUT2D eigenvalue weighted by atomic mass is 10.1. The molecule has 1 heterocycles. The molecular weight excluding hydrogens is 270 g/mol. The highest BCUT2D eigenvalue weighted by Gasteiger charge is 2.33. The molecule has 118 valence electrons. The highest BCUT2D eigenvalue weighted by Crippen LogP contribution is 2.22. The van der Waals surface area contributed by atoms with Crippen LogP contribution in [0.1, 0.15) is 18.6 Å². The second kappa shape index (κ2) is 7.75. The van der Waals surface area contributed by atoms with E-state index >= 15 is 0 Å². The molecule has 0 radical (unpaired) electrons. The molecule has 3 atom stereocenters. The quantitative estimate of drug-likeness (QED) is 0.825. The fourth-order valence-electron chi connectivity index (χ4n) is 2.72. The van der Waals surface area contributed by atoms with E-state index in [0.717, 1.165) is 24.4 Å². The zero-order valence-corrected chi connectivity index (χ0v) is 13.0. The monoisotopic (exact) mass is 295 g/mol. The molecule has 1 aliphatic rings. The molecule has 0 spiro atoms. The van der Waals surface area contributed by atoms with Gasteiger partial charge < -0.3 is 19.3 Å². The summed E-state index contributed by atoms with van der Waals surface area (Å²) < 4.78 is 16.2. The molecule has 0 aromatic heterocycles. The van der Waals surface area contributed by atoms with Crippen molar-refractivity contribution in [2.75, 3.05) is 40.5 Å². The van der Waals surface area contributed by atoms with Gasteiger partial charge in [0, 0.05) is 33.9 Å². The topological polar surface area (TPSA) is 51.2 Å². The van der Waals surface area contributed by atoms with Crippen LogP contribution in [0, 0.1) is 0 Å². The summed E-state index contributed by atoms with van der Waals surface area (Å²) >= 11 is 0. The first-order valence-corrected chi connectivity index (χ1v) is 7.36. The number of hydrogen-bond donors (Lipinski definition) is 1. The first-order valence-electron chi connectivity index (χ1n) is 7.36. The summed E-state index contributed by atoms with van der Waals surface area (Å²) in [4.78, 5) is 2.17. The van der Waals surface area contributed by atoms with Crippen LogP contribution in [0.25, 0.3) is 0 Å².